The number of rotatable bonds is 4. The summed E-state index contributed by atoms with van der Waals surface area (Å²) in [6.07, 6.45) is 0.734. The summed E-state index contributed by atoms with van der Waals surface area (Å²) in [5.41, 5.74) is 2.31. The molecule has 1 N–H and O–H groups in total. The molecule has 0 amide bonds. The molecule has 0 saturated heterocycles. The number of hydrogen-bond donors (Lipinski definition) is 1. The topological polar surface area (TPSA) is 35.8 Å². The molecule has 0 aromatic heterocycles. The fourth-order valence-corrected chi connectivity index (χ4v) is 2.20. The van der Waals surface area contributed by atoms with Crippen molar-refractivity contribution in [2.45, 2.75) is 19.4 Å². The first-order valence-corrected chi connectivity index (χ1v) is 6.67. The number of benzene rings is 2. The lowest BCUT2D eigenvalue weighted by atomic mass is 10.1. The van der Waals surface area contributed by atoms with Gasteiger partial charge in [0.15, 0.2) is 0 Å². The predicted octanol–water partition coefficient (Wildman–Crippen LogP) is 4.39. The van der Waals surface area contributed by atoms with Crippen LogP contribution in [0.25, 0.3) is 0 Å². The van der Waals surface area contributed by atoms with Gasteiger partial charge >= 0.3 is 0 Å². The molecule has 0 aliphatic carbocycles. The van der Waals surface area contributed by atoms with Crippen molar-refractivity contribution in [3.63, 3.8) is 0 Å². The third-order valence-electron chi connectivity index (χ3n) is 2.96. The largest absolute Gasteiger partial charge is 0.381 e. The van der Waals surface area contributed by atoms with E-state index in [0.29, 0.717) is 10.6 Å². The highest BCUT2D eigenvalue weighted by atomic mass is 35.5. The summed E-state index contributed by atoms with van der Waals surface area (Å²) < 4.78 is 12.8. The maximum absolute atomic E-state index is 12.8. The molecule has 0 saturated carbocycles. The summed E-state index contributed by atoms with van der Waals surface area (Å²) in [5.74, 6) is -0.240. The molecule has 0 aliphatic heterocycles. The summed E-state index contributed by atoms with van der Waals surface area (Å²) in [4.78, 5) is 0. The van der Waals surface area contributed by atoms with Crippen molar-refractivity contribution in [1.82, 2.24) is 0 Å². The molecule has 2 aromatic carbocycles. The Labute approximate surface area is 122 Å². The molecule has 0 aliphatic rings. The minimum Gasteiger partial charge on any atom is -0.381 e. The van der Waals surface area contributed by atoms with Crippen molar-refractivity contribution < 1.29 is 4.39 Å². The Kier molecular flexibility index (Phi) is 4.60. The van der Waals surface area contributed by atoms with Crippen LogP contribution in [0.2, 0.25) is 5.02 Å². The molecule has 20 heavy (non-hydrogen) atoms. The normalized spacial score (nSPS) is 11.7. The van der Waals surface area contributed by atoms with Gasteiger partial charge in [0.1, 0.15) is 11.9 Å². The number of anilines is 1. The lowest BCUT2D eigenvalue weighted by molar-refractivity contribution is 0.626. The minimum absolute atomic E-state index is 0.103. The Balaban J connectivity index is 2.08. The van der Waals surface area contributed by atoms with Gasteiger partial charge in [-0.1, -0.05) is 23.7 Å². The predicted molar refractivity (Wildman–Crippen MR) is 79.4 cm³/mol. The zero-order valence-corrected chi connectivity index (χ0v) is 11.8. The van der Waals surface area contributed by atoms with Crippen molar-refractivity contribution in [3.8, 4) is 6.07 Å². The maximum Gasteiger partial charge on any atom is 0.123 e. The Morgan fingerprint density at radius 3 is 2.60 bits per heavy atom. The molecule has 1 atom stereocenters. The molecule has 2 aromatic rings. The van der Waals surface area contributed by atoms with Gasteiger partial charge in [0, 0.05) is 11.1 Å². The molecule has 0 bridgehead atoms. The van der Waals surface area contributed by atoms with E-state index in [-0.39, 0.29) is 11.9 Å². The minimum atomic E-state index is -0.240. The standard InChI is InChI=1S/C16H14ClFN2/c1-11(8-12-2-6-15(18)7-3-12)20-16-9-14(17)5-4-13(16)10-19/h2-7,9,11,20H,8H2,1H3. The quantitative estimate of drug-likeness (QED) is 0.905. The van der Waals surface area contributed by atoms with Gasteiger partial charge in [-0.15, -0.1) is 0 Å². The Bertz CT molecular complexity index is 632. The van der Waals surface area contributed by atoms with Crippen LogP contribution in [0.1, 0.15) is 18.1 Å². The van der Waals surface area contributed by atoms with Crippen molar-refractivity contribution >= 4 is 17.3 Å². The third kappa shape index (κ3) is 3.72. The Hall–Kier alpha value is -2.05. The molecule has 0 heterocycles. The van der Waals surface area contributed by atoms with Crippen LogP contribution >= 0.6 is 11.6 Å². The lowest BCUT2D eigenvalue weighted by Crippen LogP contribution is -2.18. The van der Waals surface area contributed by atoms with Gasteiger partial charge in [-0.2, -0.15) is 5.26 Å². The monoisotopic (exact) mass is 288 g/mol. The second-order valence-electron chi connectivity index (χ2n) is 4.68. The first-order chi connectivity index (χ1) is 9.58. The van der Waals surface area contributed by atoms with E-state index in [1.54, 1.807) is 30.3 Å². The molecule has 2 nitrogen and oxygen atoms in total. The van der Waals surface area contributed by atoms with Crippen LogP contribution in [-0.2, 0) is 6.42 Å². The molecule has 0 spiro atoms. The van der Waals surface area contributed by atoms with E-state index in [0.717, 1.165) is 17.7 Å². The highest BCUT2D eigenvalue weighted by molar-refractivity contribution is 6.30. The number of nitrogens with one attached hydrogen (secondary N) is 1. The van der Waals surface area contributed by atoms with Crippen LogP contribution in [0.15, 0.2) is 42.5 Å². The summed E-state index contributed by atoms with van der Waals surface area (Å²) in [5, 5.41) is 12.9. The Morgan fingerprint density at radius 2 is 1.95 bits per heavy atom. The third-order valence-corrected chi connectivity index (χ3v) is 3.19. The van der Waals surface area contributed by atoms with Crippen LogP contribution < -0.4 is 5.32 Å². The SMILES string of the molecule is CC(Cc1ccc(F)cc1)Nc1cc(Cl)ccc1C#N. The average Bonchev–Trinajstić information content (AvgIpc) is 2.41. The highest BCUT2D eigenvalue weighted by Gasteiger charge is 2.08. The molecular formula is C16H14ClFN2. The van der Waals surface area contributed by atoms with Crippen molar-refractivity contribution in [2.75, 3.05) is 5.32 Å². The van der Waals surface area contributed by atoms with Crippen molar-refractivity contribution in [3.05, 3.63) is 64.4 Å². The maximum atomic E-state index is 12.8. The fraction of sp³-hybridized carbons (Fsp3) is 0.188. The highest BCUT2D eigenvalue weighted by Crippen LogP contribution is 2.21. The van der Waals surface area contributed by atoms with Crippen molar-refractivity contribution in [1.29, 1.82) is 5.26 Å². The summed E-state index contributed by atoms with van der Waals surface area (Å²) >= 11 is 5.94. The number of hydrogen-bond acceptors (Lipinski definition) is 2. The molecule has 102 valence electrons. The van der Waals surface area contributed by atoms with E-state index in [1.807, 2.05) is 6.92 Å². The van der Waals surface area contributed by atoms with Gasteiger partial charge in [-0.05, 0) is 49.2 Å². The van der Waals surface area contributed by atoms with E-state index < -0.39 is 0 Å². The average molecular weight is 289 g/mol. The fourth-order valence-electron chi connectivity index (χ4n) is 2.02. The van der Waals surface area contributed by atoms with Gasteiger partial charge in [0.2, 0.25) is 0 Å². The first-order valence-electron chi connectivity index (χ1n) is 6.29. The molecular weight excluding hydrogens is 275 g/mol. The smallest absolute Gasteiger partial charge is 0.123 e. The van der Waals surface area contributed by atoms with E-state index in [9.17, 15) is 4.39 Å². The van der Waals surface area contributed by atoms with E-state index in [4.69, 9.17) is 16.9 Å². The molecule has 4 heteroatoms. The van der Waals surface area contributed by atoms with Crippen LogP contribution in [0.3, 0.4) is 0 Å². The van der Waals surface area contributed by atoms with Crippen LogP contribution in [0.4, 0.5) is 10.1 Å². The van der Waals surface area contributed by atoms with E-state index in [1.165, 1.54) is 12.1 Å². The summed E-state index contributed by atoms with van der Waals surface area (Å²) in [7, 11) is 0. The first kappa shape index (κ1) is 14.4. The summed E-state index contributed by atoms with van der Waals surface area (Å²) in [6.45, 7) is 2.01. The zero-order chi connectivity index (χ0) is 14.5. The van der Waals surface area contributed by atoms with Gasteiger partial charge in [-0.25, -0.2) is 4.39 Å². The molecule has 0 radical (unpaired) electrons. The number of nitriles is 1. The number of halogens is 2. The second kappa shape index (κ2) is 6.40. The van der Waals surface area contributed by atoms with Gasteiger partial charge < -0.3 is 5.32 Å². The van der Waals surface area contributed by atoms with Crippen molar-refractivity contribution in [2.24, 2.45) is 0 Å². The van der Waals surface area contributed by atoms with E-state index >= 15 is 0 Å². The van der Waals surface area contributed by atoms with Gasteiger partial charge in [0.25, 0.3) is 0 Å². The van der Waals surface area contributed by atoms with Gasteiger partial charge in [-0.3, -0.25) is 0 Å². The lowest BCUT2D eigenvalue weighted by Gasteiger charge is -2.16. The zero-order valence-electron chi connectivity index (χ0n) is 11.0. The molecule has 0 fully saturated rings. The van der Waals surface area contributed by atoms with Crippen LogP contribution in [0.5, 0.6) is 0 Å². The second-order valence-corrected chi connectivity index (χ2v) is 5.11. The Morgan fingerprint density at radius 1 is 1.25 bits per heavy atom. The molecule has 2 rings (SSSR count). The molecule has 1 unspecified atom stereocenters. The van der Waals surface area contributed by atoms with Crippen LogP contribution in [-0.4, -0.2) is 6.04 Å². The number of nitrogens with zero attached hydrogens (tertiary/aromatic N) is 1. The van der Waals surface area contributed by atoms with Crippen LogP contribution in [0, 0.1) is 17.1 Å². The summed E-state index contributed by atoms with van der Waals surface area (Å²) in [6, 6.07) is 13.8. The van der Waals surface area contributed by atoms with E-state index in [2.05, 4.69) is 11.4 Å². The van der Waals surface area contributed by atoms with Gasteiger partial charge in [0.05, 0.1) is 11.3 Å².